The summed E-state index contributed by atoms with van der Waals surface area (Å²) in [7, 11) is 0. The second-order valence-corrected chi connectivity index (χ2v) is 6.93. The van der Waals surface area contributed by atoms with E-state index in [4.69, 9.17) is 5.73 Å². The first-order valence-corrected chi connectivity index (χ1v) is 8.50. The van der Waals surface area contributed by atoms with Gasteiger partial charge in [-0.25, -0.2) is 17.6 Å². The maximum absolute atomic E-state index is 13.4. The molecule has 0 aliphatic heterocycles. The molecule has 1 saturated carbocycles. The van der Waals surface area contributed by atoms with Gasteiger partial charge in [0.2, 0.25) is 0 Å². The average Bonchev–Trinajstić information content (AvgIpc) is 2.58. The van der Waals surface area contributed by atoms with Crippen molar-refractivity contribution in [3.63, 3.8) is 0 Å². The largest absolute Gasteiger partial charge is 0.328 e. The van der Waals surface area contributed by atoms with Crippen molar-refractivity contribution in [1.82, 2.24) is 0 Å². The number of carbonyl (C=O) groups excluding carboxylic acids is 1. The Morgan fingerprint density at radius 2 is 1.19 bits per heavy atom. The molecule has 138 valence electrons. The van der Waals surface area contributed by atoms with E-state index >= 15 is 0 Å². The van der Waals surface area contributed by atoms with Crippen LogP contribution in [0.15, 0.2) is 36.4 Å². The Hall–Kier alpha value is -2.21. The molecule has 1 fully saturated rings. The van der Waals surface area contributed by atoms with Gasteiger partial charge in [-0.3, -0.25) is 4.79 Å². The molecular formula is C20H19F4NO. The van der Waals surface area contributed by atoms with Gasteiger partial charge in [0.15, 0.2) is 23.3 Å². The van der Waals surface area contributed by atoms with Gasteiger partial charge in [0.05, 0.1) is 0 Å². The summed E-state index contributed by atoms with van der Waals surface area (Å²) in [5.41, 5.74) is 7.13. The Kier molecular flexibility index (Phi) is 5.41. The maximum atomic E-state index is 13.4. The molecule has 0 amide bonds. The van der Waals surface area contributed by atoms with Crippen molar-refractivity contribution in [2.24, 2.45) is 17.6 Å². The third-order valence-electron chi connectivity index (χ3n) is 4.91. The van der Waals surface area contributed by atoms with E-state index < -0.39 is 35.1 Å². The lowest BCUT2D eigenvalue weighted by molar-refractivity contribution is -0.129. The monoisotopic (exact) mass is 365 g/mol. The number of Topliss-reactive ketones (excluding diaryl/α,β-unsaturated/α-hetero) is 1. The van der Waals surface area contributed by atoms with E-state index in [2.05, 4.69) is 0 Å². The third-order valence-corrected chi connectivity index (χ3v) is 4.91. The lowest BCUT2D eigenvalue weighted by atomic mass is 9.73. The molecule has 3 rings (SSSR count). The minimum atomic E-state index is -0.951. The van der Waals surface area contributed by atoms with Crippen LogP contribution in [0.1, 0.15) is 24.0 Å². The van der Waals surface area contributed by atoms with E-state index in [-0.39, 0.29) is 24.7 Å². The van der Waals surface area contributed by atoms with Gasteiger partial charge in [-0.1, -0.05) is 12.1 Å². The lowest BCUT2D eigenvalue weighted by Gasteiger charge is -2.32. The minimum absolute atomic E-state index is 0.0267. The van der Waals surface area contributed by atoms with Crippen LogP contribution >= 0.6 is 0 Å². The maximum Gasteiger partial charge on any atom is 0.159 e. The first kappa shape index (κ1) is 18.6. The Labute approximate surface area is 149 Å². The fourth-order valence-electron chi connectivity index (χ4n) is 3.66. The van der Waals surface area contributed by atoms with Crippen LogP contribution < -0.4 is 5.73 Å². The highest BCUT2D eigenvalue weighted by Crippen LogP contribution is 2.30. The summed E-state index contributed by atoms with van der Waals surface area (Å²) in [5.74, 6) is -4.60. The number of ketones is 1. The molecular weight excluding hydrogens is 346 g/mol. The number of halogens is 4. The summed E-state index contributed by atoms with van der Waals surface area (Å²) in [6, 6.07) is 6.96. The first-order chi connectivity index (χ1) is 12.3. The smallest absolute Gasteiger partial charge is 0.159 e. The van der Waals surface area contributed by atoms with Crippen LogP contribution in [0.25, 0.3) is 0 Å². The highest BCUT2D eigenvalue weighted by Gasteiger charge is 2.35. The molecule has 26 heavy (non-hydrogen) atoms. The van der Waals surface area contributed by atoms with Gasteiger partial charge >= 0.3 is 0 Å². The summed E-state index contributed by atoms with van der Waals surface area (Å²) in [6.45, 7) is 0. The van der Waals surface area contributed by atoms with E-state index in [1.54, 1.807) is 0 Å². The van der Waals surface area contributed by atoms with Crippen LogP contribution in [0.3, 0.4) is 0 Å². The molecule has 1 aliphatic rings. The van der Waals surface area contributed by atoms with Crippen molar-refractivity contribution in [2.45, 2.75) is 31.7 Å². The molecule has 0 spiro atoms. The molecule has 2 aromatic carbocycles. The summed E-state index contributed by atoms with van der Waals surface area (Å²) in [4.78, 5) is 12.8. The number of rotatable bonds is 4. The van der Waals surface area contributed by atoms with Crippen molar-refractivity contribution in [3.8, 4) is 0 Å². The minimum Gasteiger partial charge on any atom is -0.328 e. The van der Waals surface area contributed by atoms with Crippen molar-refractivity contribution in [1.29, 1.82) is 0 Å². The summed E-state index contributed by atoms with van der Waals surface area (Å²) in [5, 5.41) is 0. The number of hydrogen-bond donors (Lipinski definition) is 1. The Balaban J connectivity index is 1.74. The average molecular weight is 365 g/mol. The van der Waals surface area contributed by atoms with E-state index in [0.29, 0.717) is 24.0 Å². The molecule has 0 aromatic heterocycles. The highest BCUT2D eigenvalue weighted by atomic mass is 19.2. The van der Waals surface area contributed by atoms with Crippen molar-refractivity contribution < 1.29 is 22.4 Å². The fraction of sp³-hybridized carbons (Fsp3) is 0.350. The van der Waals surface area contributed by atoms with E-state index in [0.717, 1.165) is 24.3 Å². The molecule has 2 atom stereocenters. The normalized spacial score (nSPS) is 23.3. The second kappa shape index (κ2) is 7.58. The Morgan fingerprint density at radius 1 is 0.769 bits per heavy atom. The molecule has 1 aliphatic carbocycles. The van der Waals surface area contributed by atoms with Crippen LogP contribution in [0.5, 0.6) is 0 Å². The van der Waals surface area contributed by atoms with E-state index in [1.165, 1.54) is 12.1 Å². The highest BCUT2D eigenvalue weighted by molar-refractivity contribution is 5.85. The van der Waals surface area contributed by atoms with Crippen LogP contribution in [-0.4, -0.2) is 11.8 Å². The molecule has 0 radical (unpaired) electrons. The predicted octanol–water partition coefficient (Wildman–Crippen LogP) is 3.95. The van der Waals surface area contributed by atoms with Crippen LogP contribution in [0.2, 0.25) is 0 Å². The summed E-state index contributed by atoms with van der Waals surface area (Å²) < 4.78 is 52.9. The molecule has 0 bridgehead atoms. The quantitative estimate of drug-likeness (QED) is 0.834. The molecule has 6 heteroatoms. The number of carbonyl (C=O) groups is 1. The Bertz CT molecular complexity index is 758. The van der Waals surface area contributed by atoms with Gasteiger partial charge in [0.25, 0.3) is 0 Å². The zero-order chi connectivity index (χ0) is 18.8. The van der Waals surface area contributed by atoms with Gasteiger partial charge in [0.1, 0.15) is 5.78 Å². The second-order valence-electron chi connectivity index (χ2n) is 6.93. The van der Waals surface area contributed by atoms with Gasteiger partial charge in [0, 0.05) is 17.9 Å². The van der Waals surface area contributed by atoms with Crippen molar-refractivity contribution >= 4 is 5.78 Å². The van der Waals surface area contributed by atoms with E-state index in [1.807, 2.05) is 0 Å². The van der Waals surface area contributed by atoms with Gasteiger partial charge in [-0.2, -0.15) is 0 Å². The SMILES string of the molecule is NC1CC(Cc2ccc(F)c(F)c2)C(=O)C(Cc2ccc(F)c(F)c2)C1. The zero-order valence-electron chi connectivity index (χ0n) is 14.0. The lowest BCUT2D eigenvalue weighted by Crippen LogP contribution is -2.41. The standard InChI is InChI=1S/C20H19F4NO/c21-16-3-1-11(7-18(16)23)5-13-9-15(25)10-14(20(13)26)6-12-2-4-17(22)19(24)8-12/h1-4,7-8,13-15H,5-6,9-10,25H2. The van der Waals surface area contributed by atoms with E-state index in [9.17, 15) is 22.4 Å². The number of nitrogens with two attached hydrogens (primary N) is 1. The van der Waals surface area contributed by atoms with Crippen molar-refractivity contribution in [2.75, 3.05) is 0 Å². The zero-order valence-corrected chi connectivity index (χ0v) is 14.0. The van der Waals surface area contributed by atoms with Crippen molar-refractivity contribution in [3.05, 3.63) is 70.8 Å². The number of hydrogen-bond acceptors (Lipinski definition) is 2. The topological polar surface area (TPSA) is 43.1 Å². The molecule has 2 N–H and O–H groups in total. The summed E-state index contributed by atoms with van der Waals surface area (Å²) >= 11 is 0. The van der Waals surface area contributed by atoms with Gasteiger partial charge in [-0.05, 0) is 61.1 Å². The van der Waals surface area contributed by atoms with Gasteiger partial charge < -0.3 is 5.73 Å². The molecule has 2 aromatic rings. The third kappa shape index (κ3) is 4.12. The molecule has 2 nitrogen and oxygen atoms in total. The van der Waals surface area contributed by atoms with Gasteiger partial charge in [-0.15, -0.1) is 0 Å². The molecule has 0 saturated heterocycles. The molecule has 0 heterocycles. The van der Waals surface area contributed by atoms with Crippen LogP contribution in [0, 0.1) is 35.1 Å². The fourth-order valence-corrected chi connectivity index (χ4v) is 3.66. The molecule has 2 unspecified atom stereocenters. The Morgan fingerprint density at radius 3 is 1.58 bits per heavy atom. The van der Waals surface area contributed by atoms with Crippen LogP contribution in [-0.2, 0) is 17.6 Å². The predicted molar refractivity (Wildman–Crippen MR) is 89.3 cm³/mol. The number of benzene rings is 2. The summed E-state index contributed by atoms with van der Waals surface area (Å²) in [6.07, 6.45) is 1.48. The first-order valence-electron chi connectivity index (χ1n) is 8.50. The van der Waals surface area contributed by atoms with Crippen LogP contribution in [0.4, 0.5) is 17.6 Å².